The zero-order valence-corrected chi connectivity index (χ0v) is 13.7. The number of hydrogen-bond acceptors (Lipinski definition) is 4. The van der Waals surface area contributed by atoms with E-state index in [4.69, 9.17) is 4.74 Å². The predicted octanol–water partition coefficient (Wildman–Crippen LogP) is 3.55. The fraction of sp³-hybridized carbons (Fsp3) is 0.471. The summed E-state index contributed by atoms with van der Waals surface area (Å²) in [5, 5.41) is 6.82. The van der Waals surface area contributed by atoms with E-state index in [-0.39, 0.29) is 0 Å². The van der Waals surface area contributed by atoms with Crippen molar-refractivity contribution >= 4 is 11.3 Å². The van der Waals surface area contributed by atoms with Gasteiger partial charge >= 0.3 is 0 Å². The van der Waals surface area contributed by atoms with E-state index in [1.165, 1.54) is 17.0 Å². The first-order valence-corrected chi connectivity index (χ1v) is 8.41. The molecular formula is C17H24N2OS. The zero-order chi connectivity index (χ0) is 14.9. The van der Waals surface area contributed by atoms with Crippen LogP contribution in [0.5, 0.6) is 5.75 Å². The van der Waals surface area contributed by atoms with E-state index in [9.17, 15) is 0 Å². The molecule has 21 heavy (non-hydrogen) atoms. The molecule has 0 aliphatic heterocycles. The summed E-state index contributed by atoms with van der Waals surface area (Å²) < 4.78 is 5.31. The standard InChI is InChI=1S/C17H24N2OS/c1-3-7-18-13-15(12-17-19-8-9-21-17)10-14-5-4-6-16(11-14)20-2/h4-6,8-9,11,15,18H,3,7,10,12-13H2,1-2H3. The number of rotatable bonds is 9. The number of nitrogens with one attached hydrogen (secondary N) is 1. The van der Waals surface area contributed by atoms with Crippen LogP contribution < -0.4 is 10.1 Å². The summed E-state index contributed by atoms with van der Waals surface area (Å²) in [6.45, 7) is 4.31. The third-order valence-corrected chi connectivity index (χ3v) is 4.27. The first-order chi connectivity index (χ1) is 10.3. The molecule has 0 saturated heterocycles. The molecule has 1 aromatic carbocycles. The van der Waals surface area contributed by atoms with Crippen molar-refractivity contribution in [1.29, 1.82) is 0 Å². The van der Waals surface area contributed by atoms with Crippen LogP contribution >= 0.6 is 11.3 Å². The Bertz CT molecular complexity index is 513. The van der Waals surface area contributed by atoms with Crippen LogP contribution in [0.1, 0.15) is 23.9 Å². The molecule has 1 N–H and O–H groups in total. The van der Waals surface area contributed by atoms with Gasteiger partial charge in [-0.25, -0.2) is 4.98 Å². The topological polar surface area (TPSA) is 34.1 Å². The molecule has 0 aliphatic rings. The SMILES string of the molecule is CCCNCC(Cc1cccc(OC)c1)Cc1nccs1. The third kappa shape index (κ3) is 5.48. The van der Waals surface area contributed by atoms with E-state index in [0.717, 1.165) is 31.7 Å². The van der Waals surface area contributed by atoms with Gasteiger partial charge in [0.05, 0.1) is 12.1 Å². The predicted molar refractivity (Wildman–Crippen MR) is 89.2 cm³/mol. The average molecular weight is 304 g/mol. The number of hydrogen-bond donors (Lipinski definition) is 1. The van der Waals surface area contributed by atoms with E-state index in [1.54, 1.807) is 18.4 Å². The number of ether oxygens (including phenoxy) is 1. The fourth-order valence-electron chi connectivity index (χ4n) is 2.43. The minimum Gasteiger partial charge on any atom is -0.497 e. The minimum absolute atomic E-state index is 0.565. The average Bonchev–Trinajstić information content (AvgIpc) is 3.00. The lowest BCUT2D eigenvalue weighted by atomic mass is 9.96. The summed E-state index contributed by atoms with van der Waals surface area (Å²) in [5.74, 6) is 1.50. The van der Waals surface area contributed by atoms with Gasteiger partial charge in [0.25, 0.3) is 0 Å². The van der Waals surface area contributed by atoms with Crippen LogP contribution in [0.25, 0.3) is 0 Å². The summed E-state index contributed by atoms with van der Waals surface area (Å²) in [5.41, 5.74) is 1.33. The molecule has 0 bridgehead atoms. The molecule has 0 fully saturated rings. The first kappa shape index (κ1) is 16.0. The van der Waals surface area contributed by atoms with Gasteiger partial charge in [-0.3, -0.25) is 0 Å². The Morgan fingerprint density at radius 1 is 1.33 bits per heavy atom. The Morgan fingerprint density at radius 3 is 2.95 bits per heavy atom. The quantitative estimate of drug-likeness (QED) is 0.719. The second kappa shape index (κ2) is 8.80. The highest BCUT2D eigenvalue weighted by Crippen LogP contribution is 2.19. The van der Waals surface area contributed by atoms with Crippen molar-refractivity contribution in [3.8, 4) is 5.75 Å². The van der Waals surface area contributed by atoms with Gasteiger partial charge < -0.3 is 10.1 Å². The van der Waals surface area contributed by atoms with Crippen molar-refractivity contribution < 1.29 is 4.74 Å². The van der Waals surface area contributed by atoms with Crippen LogP contribution in [-0.2, 0) is 12.8 Å². The molecule has 0 amide bonds. The fourth-order valence-corrected chi connectivity index (χ4v) is 3.17. The molecule has 1 aromatic heterocycles. The van der Waals surface area contributed by atoms with Gasteiger partial charge in [-0.2, -0.15) is 0 Å². The highest BCUT2D eigenvalue weighted by atomic mass is 32.1. The molecule has 4 heteroatoms. The zero-order valence-electron chi connectivity index (χ0n) is 12.8. The van der Waals surface area contributed by atoms with E-state index in [1.807, 2.05) is 12.3 Å². The van der Waals surface area contributed by atoms with Crippen LogP contribution in [0.3, 0.4) is 0 Å². The smallest absolute Gasteiger partial charge is 0.119 e. The molecule has 114 valence electrons. The Balaban J connectivity index is 1.99. The highest BCUT2D eigenvalue weighted by molar-refractivity contribution is 7.09. The summed E-state index contributed by atoms with van der Waals surface area (Å²) in [6.07, 6.45) is 5.14. The Hall–Kier alpha value is -1.39. The Labute approximate surface area is 131 Å². The number of benzene rings is 1. The first-order valence-electron chi connectivity index (χ1n) is 7.53. The molecule has 0 aliphatic carbocycles. The molecule has 0 saturated carbocycles. The monoisotopic (exact) mass is 304 g/mol. The molecule has 1 heterocycles. The highest BCUT2D eigenvalue weighted by Gasteiger charge is 2.12. The van der Waals surface area contributed by atoms with Gasteiger partial charge in [0, 0.05) is 18.0 Å². The lowest BCUT2D eigenvalue weighted by Gasteiger charge is -2.17. The summed E-state index contributed by atoms with van der Waals surface area (Å²) >= 11 is 1.75. The summed E-state index contributed by atoms with van der Waals surface area (Å²) in [7, 11) is 1.72. The van der Waals surface area contributed by atoms with E-state index < -0.39 is 0 Å². The van der Waals surface area contributed by atoms with Crippen LogP contribution in [0, 0.1) is 5.92 Å². The molecule has 1 atom stereocenters. The lowest BCUT2D eigenvalue weighted by Crippen LogP contribution is -2.26. The van der Waals surface area contributed by atoms with Gasteiger partial charge in [0.2, 0.25) is 0 Å². The molecule has 3 nitrogen and oxygen atoms in total. The van der Waals surface area contributed by atoms with Crippen LogP contribution in [0.15, 0.2) is 35.8 Å². The Kier molecular flexibility index (Phi) is 6.70. The summed E-state index contributed by atoms with van der Waals surface area (Å²) in [4.78, 5) is 4.43. The van der Waals surface area contributed by atoms with Crippen LogP contribution in [0.4, 0.5) is 0 Å². The van der Waals surface area contributed by atoms with E-state index >= 15 is 0 Å². The maximum absolute atomic E-state index is 5.31. The van der Waals surface area contributed by atoms with Crippen molar-refractivity contribution in [2.24, 2.45) is 5.92 Å². The molecule has 0 spiro atoms. The number of thiazole rings is 1. The van der Waals surface area contributed by atoms with E-state index in [2.05, 4.69) is 40.8 Å². The van der Waals surface area contributed by atoms with Gasteiger partial charge in [0.1, 0.15) is 5.75 Å². The van der Waals surface area contributed by atoms with Gasteiger partial charge in [0.15, 0.2) is 0 Å². The number of aromatic nitrogens is 1. The lowest BCUT2D eigenvalue weighted by molar-refractivity contribution is 0.413. The minimum atomic E-state index is 0.565. The molecule has 0 radical (unpaired) electrons. The molecule has 2 rings (SSSR count). The van der Waals surface area contributed by atoms with Crippen LogP contribution in [-0.4, -0.2) is 25.2 Å². The normalized spacial score (nSPS) is 12.3. The maximum Gasteiger partial charge on any atom is 0.119 e. The molecule has 2 aromatic rings. The van der Waals surface area contributed by atoms with Crippen LogP contribution in [0.2, 0.25) is 0 Å². The third-order valence-electron chi connectivity index (χ3n) is 3.47. The van der Waals surface area contributed by atoms with Crippen molar-refractivity contribution in [2.45, 2.75) is 26.2 Å². The van der Waals surface area contributed by atoms with Crippen molar-refractivity contribution in [3.05, 3.63) is 46.4 Å². The maximum atomic E-state index is 5.31. The Morgan fingerprint density at radius 2 is 2.24 bits per heavy atom. The largest absolute Gasteiger partial charge is 0.497 e. The number of nitrogens with zero attached hydrogens (tertiary/aromatic N) is 1. The van der Waals surface area contributed by atoms with Crippen molar-refractivity contribution in [3.63, 3.8) is 0 Å². The van der Waals surface area contributed by atoms with Gasteiger partial charge in [-0.15, -0.1) is 11.3 Å². The second-order valence-corrected chi connectivity index (χ2v) is 6.23. The molecular weight excluding hydrogens is 280 g/mol. The van der Waals surface area contributed by atoms with Crippen molar-refractivity contribution in [2.75, 3.05) is 20.2 Å². The van der Waals surface area contributed by atoms with Gasteiger partial charge in [-0.05, 0) is 49.5 Å². The van der Waals surface area contributed by atoms with Crippen molar-refractivity contribution in [1.82, 2.24) is 10.3 Å². The van der Waals surface area contributed by atoms with Gasteiger partial charge in [-0.1, -0.05) is 19.1 Å². The molecule has 1 unspecified atom stereocenters. The number of methoxy groups -OCH3 is 1. The summed E-state index contributed by atoms with van der Waals surface area (Å²) in [6, 6.07) is 8.37. The second-order valence-electron chi connectivity index (χ2n) is 5.26. The van der Waals surface area contributed by atoms with E-state index in [0.29, 0.717) is 5.92 Å².